The van der Waals surface area contributed by atoms with Gasteiger partial charge in [0.1, 0.15) is 0 Å². The van der Waals surface area contributed by atoms with Crippen molar-refractivity contribution in [2.45, 2.75) is 26.2 Å². The average molecular weight is 344 g/mol. The lowest BCUT2D eigenvalue weighted by Gasteiger charge is -2.31. The van der Waals surface area contributed by atoms with E-state index in [9.17, 15) is 4.79 Å². The summed E-state index contributed by atoms with van der Waals surface area (Å²) in [4.78, 5) is 14.8. The van der Waals surface area contributed by atoms with E-state index in [1.54, 1.807) is 24.3 Å². The quantitative estimate of drug-likeness (QED) is 0.808. The Kier molecular flexibility index (Phi) is 4.95. The summed E-state index contributed by atoms with van der Waals surface area (Å²) in [6, 6.07) is 10.7. The predicted molar refractivity (Wildman–Crippen MR) is 101 cm³/mol. The number of hydrogen-bond acceptors (Lipinski definition) is 3. The minimum Gasteiger partial charge on any atom is -0.397 e. The molecule has 1 aliphatic rings. The maximum atomic E-state index is 12.4. The second-order valence-corrected chi connectivity index (χ2v) is 6.67. The number of hydrogen-bond donors (Lipinski definition) is 2. The first-order valence-electron chi connectivity index (χ1n) is 8.26. The molecule has 0 unspecified atom stereocenters. The van der Waals surface area contributed by atoms with Crippen molar-refractivity contribution in [1.82, 2.24) is 0 Å². The van der Waals surface area contributed by atoms with E-state index in [2.05, 4.69) is 17.1 Å². The fourth-order valence-electron chi connectivity index (χ4n) is 3.10. The molecule has 0 atom stereocenters. The number of piperidine rings is 1. The van der Waals surface area contributed by atoms with Crippen molar-refractivity contribution in [2.75, 3.05) is 29.0 Å². The molecule has 2 aromatic rings. The number of anilines is 3. The summed E-state index contributed by atoms with van der Waals surface area (Å²) in [5.74, 6) is -0.188. The minimum absolute atomic E-state index is 0.188. The van der Waals surface area contributed by atoms with E-state index >= 15 is 0 Å². The number of nitrogens with zero attached hydrogens (tertiary/aromatic N) is 1. The maximum Gasteiger partial charge on any atom is 0.255 e. The van der Waals surface area contributed by atoms with E-state index in [4.69, 9.17) is 17.3 Å². The first-order valence-corrected chi connectivity index (χ1v) is 8.64. The van der Waals surface area contributed by atoms with Crippen LogP contribution in [-0.4, -0.2) is 19.0 Å². The Labute approximate surface area is 147 Å². The summed E-state index contributed by atoms with van der Waals surface area (Å²) in [7, 11) is 0. The number of nitrogen functional groups attached to an aromatic ring is 1. The van der Waals surface area contributed by atoms with Crippen molar-refractivity contribution in [2.24, 2.45) is 0 Å². The molecule has 1 heterocycles. The molecular weight excluding hydrogens is 322 g/mol. The zero-order valence-electron chi connectivity index (χ0n) is 13.8. The van der Waals surface area contributed by atoms with Crippen molar-refractivity contribution in [3.63, 3.8) is 0 Å². The molecule has 1 amide bonds. The van der Waals surface area contributed by atoms with Gasteiger partial charge in [-0.05, 0) is 68.1 Å². The van der Waals surface area contributed by atoms with Crippen LogP contribution in [0.1, 0.15) is 35.2 Å². The van der Waals surface area contributed by atoms with Crippen LogP contribution in [0, 0.1) is 6.92 Å². The molecule has 126 valence electrons. The monoisotopic (exact) mass is 343 g/mol. The molecule has 3 rings (SSSR count). The Morgan fingerprint density at radius 1 is 1.12 bits per heavy atom. The number of aryl methyl sites for hydroxylation is 1. The van der Waals surface area contributed by atoms with Gasteiger partial charge in [0, 0.05) is 29.4 Å². The molecule has 1 aliphatic heterocycles. The molecule has 0 aromatic heterocycles. The molecule has 2 aromatic carbocycles. The normalized spacial score (nSPS) is 14.5. The van der Waals surface area contributed by atoms with Gasteiger partial charge in [-0.2, -0.15) is 0 Å². The fraction of sp³-hybridized carbons (Fsp3) is 0.316. The van der Waals surface area contributed by atoms with Gasteiger partial charge >= 0.3 is 0 Å². The van der Waals surface area contributed by atoms with Gasteiger partial charge < -0.3 is 16.0 Å². The van der Waals surface area contributed by atoms with Crippen LogP contribution in [0.15, 0.2) is 36.4 Å². The largest absolute Gasteiger partial charge is 0.397 e. The third kappa shape index (κ3) is 3.65. The van der Waals surface area contributed by atoms with Crippen molar-refractivity contribution >= 4 is 34.6 Å². The second-order valence-electron chi connectivity index (χ2n) is 6.23. The maximum absolute atomic E-state index is 12.4. The molecule has 5 heteroatoms. The van der Waals surface area contributed by atoms with E-state index in [1.807, 2.05) is 12.1 Å². The number of amides is 1. The van der Waals surface area contributed by atoms with E-state index in [0.717, 1.165) is 24.3 Å². The van der Waals surface area contributed by atoms with Crippen LogP contribution in [0.4, 0.5) is 17.1 Å². The van der Waals surface area contributed by atoms with E-state index in [0.29, 0.717) is 22.0 Å². The molecular formula is C19H22ClN3O. The van der Waals surface area contributed by atoms with Gasteiger partial charge in [-0.1, -0.05) is 11.6 Å². The van der Waals surface area contributed by atoms with Gasteiger partial charge in [-0.3, -0.25) is 4.79 Å². The molecule has 0 bridgehead atoms. The van der Waals surface area contributed by atoms with Gasteiger partial charge in [-0.15, -0.1) is 0 Å². The topological polar surface area (TPSA) is 58.4 Å². The van der Waals surface area contributed by atoms with E-state index < -0.39 is 0 Å². The third-order valence-electron chi connectivity index (χ3n) is 4.42. The number of carbonyl (C=O) groups is 1. The van der Waals surface area contributed by atoms with Crippen LogP contribution in [-0.2, 0) is 0 Å². The lowest BCUT2D eigenvalue weighted by molar-refractivity contribution is 0.102. The highest BCUT2D eigenvalue weighted by atomic mass is 35.5. The lowest BCUT2D eigenvalue weighted by atomic mass is 10.1. The molecule has 1 saturated heterocycles. The summed E-state index contributed by atoms with van der Waals surface area (Å²) >= 11 is 5.87. The van der Waals surface area contributed by atoms with E-state index in [-0.39, 0.29) is 5.91 Å². The van der Waals surface area contributed by atoms with Crippen molar-refractivity contribution in [1.29, 1.82) is 0 Å². The van der Waals surface area contributed by atoms with Gasteiger partial charge in [0.2, 0.25) is 0 Å². The average Bonchev–Trinajstić information content (AvgIpc) is 2.58. The third-order valence-corrected chi connectivity index (χ3v) is 4.67. The smallest absolute Gasteiger partial charge is 0.255 e. The van der Waals surface area contributed by atoms with Gasteiger partial charge in [0.25, 0.3) is 5.91 Å². The van der Waals surface area contributed by atoms with Crippen molar-refractivity contribution in [3.05, 3.63) is 52.5 Å². The van der Waals surface area contributed by atoms with Crippen molar-refractivity contribution in [3.8, 4) is 0 Å². The number of nitrogens with one attached hydrogen (secondary N) is 1. The summed E-state index contributed by atoms with van der Waals surface area (Å²) in [6.45, 7) is 4.16. The summed E-state index contributed by atoms with van der Waals surface area (Å²) < 4.78 is 0. The van der Waals surface area contributed by atoms with Crippen LogP contribution in [0.3, 0.4) is 0 Å². The van der Waals surface area contributed by atoms with Crippen LogP contribution < -0.4 is 16.0 Å². The highest BCUT2D eigenvalue weighted by Gasteiger charge is 2.16. The molecule has 24 heavy (non-hydrogen) atoms. The van der Waals surface area contributed by atoms with Gasteiger partial charge in [-0.25, -0.2) is 0 Å². The van der Waals surface area contributed by atoms with Crippen molar-refractivity contribution < 1.29 is 4.79 Å². The Morgan fingerprint density at radius 2 is 1.79 bits per heavy atom. The van der Waals surface area contributed by atoms with Gasteiger partial charge in [0.05, 0.1) is 11.4 Å². The summed E-state index contributed by atoms with van der Waals surface area (Å²) in [6.07, 6.45) is 3.69. The second kappa shape index (κ2) is 7.14. The number of carbonyl (C=O) groups excluding carboxylic acids is 1. The zero-order valence-corrected chi connectivity index (χ0v) is 14.6. The molecule has 0 aliphatic carbocycles. The van der Waals surface area contributed by atoms with Crippen LogP contribution in [0.5, 0.6) is 0 Å². The number of nitrogens with two attached hydrogens (primary N) is 1. The Morgan fingerprint density at radius 3 is 2.46 bits per heavy atom. The highest BCUT2D eigenvalue weighted by Crippen LogP contribution is 2.31. The highest BCUT2D eigenvalue weighted by molar-refractivity contribution is 6.30. The Balaban J connectivity index is 1.84. The fourth-order valence-corrected chi connectivity index (χ4v) is 3.22. The molecule has 0 saturated carbocycles. The standard InChI is InChI=1S/C19H22ClN3O/c1-13-11-16(21)17(12-18(13)23-9-3-2-4-10-23)22-19(24)14-5-7-15(20)8-6-14/h5-8,11-12H,2-4,9-10,21H2,1H3,(H,22,24). The minimum atomic E-state index is -0.188. The van der Waals surface area contributed by atoms with E-state index in [1.165, 1.54) is 19.3 Å². The SMILES string of the molecule is Cc1cc(N)c(NC(=O)c2ccc(Cl)cc2)cc1N1CCCCC1. The van der Waals surface area contributed by atoms with Crippen LogP contribution >= 0.6 is 11.6 Å². The number of benzene rings is 2. The number of halogens is 1. The lowest BCUT2D eigenvalue weighted by Crippen LogP contribution is -2.30. The zero-order chi connectivity index (χ0) is 17.1. The van der Waals surface area contributed by atoms with Crippen LogP contribution in [0.25, 0.3) is 0 Å². The molecule has 1 fully saturated rings. The van der Waals surface area contributed by atoms with Crippen LogP contribution in [0.2, 0.25) is 5.02 Å². The molecule has 0 radical (unpaired) electrons. The molecule has 3 N–H and O–H groups in total. The molecule has 4 nitrogen and oxygen atoms in total. The first kappa shape index (κ1) is 16.7. The molecule has 0 spiro atoms. The first-order chi connectivity index (χ1) is 11.5. The Hall–Kier alpha value is -2.20. The summed E-state index contributed by atoms with van der Waals surface area (Å²) in [5.41, 5.74) is 10.2. The predicted octanol–water partition coefficient (Wildman–Crippen LogP) is 4.47. The Bertz CT molecular complexity index is 737. The number of rotatable bonds is 3. The summed E-state index contributed by atoms with van der Waals surface area (Å²) in [5, 5.41) is 3.52. The van der Waals surface area contributed by atoms with Gasteiger partial charge in [0.15, 0.2) is 0 Å².